The van der Waals surface area contributed by atoms with Crippen LogP contribution in [0.15, 0.2) is 24.5 Å². The van der Waals surface area contributed by atoms with E-state index in [4.69, 9.17) is 11.0 Å². The number of pyridine rings is 1. The van der Waals surface area contributed by atoms with Gasteiger partial charge in [0.05, 0.1) is 5.56 Å². The van der Waals surface area contributed by atoms with Crippen molar-refractivity contribution in [2.75, 3.05) is 0 Å². The van der Waals surface area contributed by atoms with E-state index in [0.29, 0.717) is 11.2 Å². The lowest BCUT2D eigenvalue weighted by molar-refractivity contribution is 0.251. The summed E-state index contributed by atoms with van der Waals surface area (Å²) in [5.74, 6) is 0. The number of carbonyl (C=O) groups is 1. The fourth-order valence-corrected chi connectivity index (χ4v) is 1.26. The van der Waals surface area contributed by atoms with E-state index in [1.54, 1.807) is 12.1 Å². The monoisotopic (exact) mass is 186 g/mol. The van der Waals surface area contributed by atoms with Gasteiger partial charge in [0.2, 0.25) is 0 Å². The summed E-state index contributed by atoms with van der Waals surface area (Å²) in [6, 6.07) is 4.73. The van der Waals surface area contributed by atoms with Gasteiger partial charge in [-0.15, -0.1) is 0 Å². The van der Waals surface area contributed by atoms with Crippen LogP contribution >= 0.6 is 0 Å². The van der Waals surface area contributed by atoms with Crippen LogP contribution < -0.4 is 5.73 Å². The summed E-state index contributed by atoms with van der Waals surface area (Å²) in [5.41, 5.74) is 6.04. The molecule has 0 aliphatic carbocycles. The van der Waals surface area contributed by atoms with Gasteiger partial charge in [0.1, 0.15) is 11.7 Å². The third-order valence-corrected chi connectivity index (χ3v) is 1.89. The zero-order valence-corrected chi connectivity index (χ0v) is 7.14. The van der Waals surface area contributed by atoms with E-state index in [1.165, 1.54) is 17.0 Å². The van der Waals surface area contributed by atoms with Crippen molar-refractivity contribution in [1.29, 1.82) is 5.26 Å². The quantitative estimate of drug-likeness (QED) is 0.661. The number of aromatic nitrogens is 2. The van der Waals surface area contributed by atoms with Gasteiger partial charge in [-0.1, -0.05) is 0 Å². The summed E-state index contributed by atoms with van der Waals surface area (Å²) in [5, 5.41) is 9.35. The molecule has 2 aromatic heterocycles. The molecule has 0 saturated heterocycles. The first-order valence-corrected chi connectivity index (χ1v) is 3.89. The normalized spacial score (nSPS) is 9.93. The van der Waals surface area contributed by atoms with Gasteiger partial charge < -0.3 is 5.73 Å². The van der Waals surface area contributed by atoms with E-state index >= 15 is 0 Å². The standard InChI is InChI=1S/C9H6N4O/c10-4-6-3-7-1-2-13(9(11)14)8(7)12-5-6/h1-3,5H,(H2,11,14). The summed E-state index contributed by atoms with van der Waals surface area (Å²) in [6.07, 6.45) is 2.93. The smallest absolute Gasteiger partial charge is 0.324 e. The maximum atomic E-state index is 10.9. The van der Waals surface area contributed by atoms with E-state index < -0.39 is 6.03 Å². The van der Waals surface area contributed by atoms with Gasteiger partial charge in [0, 0.05) is 17.8 Å². The van der Waals surface area contributed by atoms with Crippen molar-refractivity contribution < 1.29 is 4.79 Å². The van der Waals surface area contributed by atoms with Crippen molar-refractivity contribution in [2.24, 2.45) is 5.73 Å². The minimum absolute atomic E-state index is 0.458. The maximum Gasteiger partial charge on any atom is 0.324 e. The number of nitrogens with two attached hydrogens (primary N) is 1. The Morgan fingerprint density at radius 2 is 2.43 bits per heavy atom. The van der Waals surface area contributed by atoms with Crippen LogP contribution in [0.25, 0.3) is 11.0 Å². The molecule has 5 heteroatoms. The molecule has 14 heavy (non-hydrogen) atoms. The topological polar surface area (TPSA) is 84.7 Å². The SMILES string of the molecule is N#Cc1cnc2c(ccn2C(N)=O)c1. The number of nitrogens with zero attached hydrogens (tertiary/aromatic N) is 3. The molecule has 0 fully saturated rings. The predicted molar refractivity (Wildman–Crippen MR) is 49.4 cm³/mol. The molecule has 0 spiro atoms. The van der Waals surface area contributed by atoms with Crippen LogP contribution in [0.2, 0.25) is 0 Å². The Morgan fingerprint density at radius 3 is 3.07 bits per heavy atom. The van der Waals surface area contributed by atoms with Crippen LogP contribution in [0.3, 0.4) is 0 Å². The summed E-state index contributed by atoms with van der Waals surface area (Å²) in [4.78, 5) is 14.9. The van der Waals surface area contributed by atoms with Crippen molar-refractivity contribution in [2.45, 2.75) is 0 Å². The number of amides is 1. The molecule has 0 unspecified atom stereocenters. The summed E-state index contributed by atoms with van der Waals surface area (Å²) in [7, 11) is 0. The lowest BCUT2D eigenvalue weighted by Crippen LogP contribution is -2.18. The highest BCUT2D eigenvalue weighted by Crippen LogP contribution is 2.13. The Morgan fingerprint density at radius 1 is 1.64 bits per heavy atom. The molecule has 0 atom stereocenters. The molecule has 5 nitrogen and oxygen atoms in total. The Kier molecular flexibility index (Phi) is 1.68. The molecule has 1 amide bonds. The van der Waals surface area contributed by atoms with E-state index in [1.807, 2.05) is 6.07 Å². The molecule has 0 aliphatic heterocycles. The van der Waals surface area contributed by atoms with Crippen LogP contribution in [0.1, 0.15) is 5.56 Å². The van der Waals surface area contributed by atoms with Gasteiger partial charge in [-0.05, 0) is 12.1 Å². The van der Waals surface area contributed by atoms with Crippen LogP contribution in [-0.2, 0) is 0 Å². The van der Waals surface area contributed by atoms with Gasteiger partial charge in [0.15, 0.2) is 0 Å². The fraction of sp³-hybridized carbons (Fsp3) is 0. The van der Waals surface area contributed by atoms with Gasteiger partial charge in [-0.2, -0.15) is 5.26 Å². The maximum absolute atomic E-state index is 10.9. The van der Waals surface area contributed by atoms with Crippen molar-refractivity contribution in [1.82, 2.24) is 9.55 Å². The molecule has 68 valence electrons. The third-order valence-electron chi connectivity index (χ3n) is 1.89. The molecule has 0 radical (unpaired) electrons. The number of nitriles is 1. The van der Waals surface area contributed by atoms with E-state index in [0.717, 1.165) is 5.39 Å². The zero-order chi connectivity index (χ0) is 10.1. The third kappa shape index (κ3) is 1.10. The van der Waals surface area contributed by atoms with Crippen molar-refractivity contribution >= 4 is 17.1 Å². The summed E-state index contributed by atoms with van der Waals surface area (Å²) in [6.45, 7) is 0. The van der Waals surface area contributed by atoms with Gasteiger partial charge in [0.25, 0.3) is 0 Å². The van der Waals surface area contributed by atoms with Gasteiger partial charge in [-0.3, -0.25) is 4.57 Å². The van der Waals surface area contributed by atoms with Gasteiger partial charge in [-0.25, -0.2) is 9.78 Å². The average Bonchev–Trinajstić information content (AvgIpc) is 2.59. The van der Waals surface area contributed by atoms with Crippen molar-refractivity contribution in [3.63, 3.8) is 0 Å². The first-order chi connectivity index (χ1) is 6.72. The Balaban J connectivity index is 2.73. The van der Waals surface area contributed by atoms with Crippen molar-refractivity contribution in [3.8, 4) is 6.07 Å². The number of hydrogen-bond donors (Lipinski definition) is 1. The van der Waals surface area contributed by atoms with E-state index in [-0.39, 0.29) is 0 Å². The van der Waals surface area contributed by atoms with E-state index in [2.05, 4.69) is 4.98 Å². The molecule has 0 aliphatic rings. The predicted octanol–water partition coefficient (Wildman–Crippen LogP) is 0.835. The second kappa shape index (κ2) is 2.85. The molecular weight excluding hydrogens is 180 g/mol. The Hall–Kier alpha value is -2.35. The largest absolute Gasteiger partial charge is 0.351 e. The first kappa shape index (κ1) is 8.26. The fourth-order valence-electron chi connectivity index (χ4n) is 1.26. The minimum Gasteiger partial charge on any atom is -0.351 e. The number of hydrogen-bond acceptors (Lipinski definition) is 3. The van der Waals surface area contributed by atoms with Crippen LogP contribution in [0.4, 0.5) is 4.79 Å². The molecule has 2 heterocycles. The number of primary amides is 1. The Bertz CT molecular complexity index is 549. The highest BCUT2D eigenvalue weighted by molar-refractivity contribution is 5.88. The Labute approximate surface area is 79.4 Å². The lowest BCUT2D eigenvalue weighted by atomic mass is 10.2. The van der Waals surface area contributed by atoms with Crippen LogP contribution in [0.5, 0.6) is 0 Å². The van der Waals surface area contributed by atoms with Crippen LogP contribution in [0, 0.1) is 11.3 Å². The number of fused-ring (bicyclic) bond motifs is 1. The second-order valence-corrected chi connectivity index (χ2v) is 2.77. The van der Waals surface area contributed by atoms with Crippen LogP contribution in [-0.4, -0.2) is 15.6 Å². The summed E-state index contributed by atoms with van der Waals surface area (Å²) >= 11 is 0. The van der Waals surface area contributed by atoms with Gasteiger partial charge >= 0.3 is 6.03 Å². The second-order valence-electron chi connectivity index (χ2n) is 2.77. The number of carbonyl (C=O) groups excluding carboxylic acids is 1. The molecule has 0 bridgehead atoms. The van der Waals surface area contributed by atoms with E-state index in [9.17, 15) is 4.79 Å². The molecular formula is C9H6N4O. The minimum atomic E-state index is -0.586. The highest BCUT2D eigenvalue weighted by Gasteiger charge is 2.06. The molecule has 2 rings (SSSR count). The zero-order valence-electron chi connectivity index (χ0n) is 7.14. The molecule has 0 saturated carbocycles. The summed E-state index contributed by atoms with van der Waals surface area (Å²) < 4.78 is 1.23. The molecule has 0 aromatic carbocycles. The average molecular weight is 186 g/mol. The first-order valence-electron chi connectivity index (χ1n) is 3.89. The lowest BCUT2D eigenvalue weighted by Gasteiger charge is -1.96. The van der Waals surface area contributed by atoms with Crippen molar-refractivity contribution in [3.05, 3.63) is 30.1 Å². The molecule has 2 aromatic rings. The number of rotatable bonds is 0. The highest BCUT2D eigenvalue weighted by atomic mass is 16.2. The molecule has 2 N–H and O–H groups in total.